The first kappa shape index (κ1) is 21.1. The summed E-state index contributed by atoms with van der Waals surface area (Å²) in [5, 5.41) is 9.81. The van der Waals surface area contributed by atoms with Crippen LogP contribution in [0.25, 0.3) is 22.2 Å². The van der Waals surface area contributed by atoms with Crippen molar-refractivity contribution < 1.29 is 23.6 Å². The molecule has 2 atom stereocenters. The molecule has 0 aliphatic carbocycles. The van der Waals surface area contributed by atoms with Gasteiger partial charge in [0, 0.05) is 24.0 Å². The summed E-state index contributed by atoms with van der Waals surface area (Å²) in [4.78, 5) is 44.7. The van der Waals surface area contributed by atoms with Crippen molar-refractivity contribution in [2.75, 3.05) is 18.1 Å². The molecule has 2 N–H and O–H groups in total. The fourth-order valence-electron chi connectivity index (χ4n) is 5.48. The number of nitrogens with one attached hydrogen (secondary N) is 2. The zero-order valence-electron chi connectivity index (χ0n) is 18.3. The van der Waals surface area contributed by atoms with Crippen molar-refractivity contribution >= 4 is 46.1 Å². The average molecular weight is 482 g/mol. The Bertz CT molecular complexity index is 1360. The summed E-state index contributed by atoms with van der Waals surface area (Å²) in [7, 11) is 0. The third kappa shape index (κ3) is 2.75. The molecule has 0 unspecified atom stereocenters. The van der Waals surface area contributed by atoms with E-state index in [1.165, 1.54) is 0 Å². The predicted octanol–water partition coefficient (Wildman–Crippen LogP) is 2.35. The molecule has 1 spiro atoms. The van der Waals surface area contributed by atoms with Crippen LogP contribution in [0.4, 0.5) is 10.5 Å². The highest BCUT2D eigenvalue weighted by molar-refractivity contribution is 6.38. The number of halogens is 1. The molecule has 0 radical (unpaired) electrons. The second kappa shape index (κ2) is 7.25. The van der Waals surface area contributed by atoms with Crippen LogP contribution in [0.15, 0.2) is 28.9 Å². The van der Waals surface area contributed by atoms with Crippen LogP contribution in [0.2, 0.25) is 5.02 Å². The van der Waals surface area contributed by atoms with Crippen LogP contribution in [0, 0.1) is 12.3 Å². The maximum Gasteiger partial charge on any atom is 0.328 e. The zero-order valence-corrected chi connectivity index (χ0v) is 19.1. The van der Waals surface area contributed by atoms with Gasteiger partial charge in [0.1, 0.15) is 10.7 Å². The maximum atomic E-state index is 13.3. The average Bonchev–Trinajstić information content (AvgIpc) is 3.22. The third-order valence-corrected chi connectivity index (χ3v) is 7.31. The van der Waals surface area contributed by atoms with Gasteiger partial charge in [-0.05, 0) is 44.0 Å². The highest BCUT2D eigenvalue weighted by atomic mass is 35.5. The van der Waals surface area contributed by atoms with Crippen LogP contribution in [0.1, 0.15) is 18.2 Å². The first-order chi connectivity index (χ1) is 16.3. The number of nitrogens with zero attached hydrogens (tertiary/aromatic N) is 3. The molecule has 34 heavy (non-hydrogen) atoms. The number of urea groups is 1. The van der Waals surface area contributed by atoms with E-state index >= 15 is 0 Å². The number of hydrogen-bond acceptors (Lipinski definition) is 8. The van der Waals surface area contributed by atoms with Crippen molar-refractivity contribution in [3.05, 3.63) is 40.7 Å². The lowest BCUT2D eigenvalue weighted by Gasteiger charge is -2.54. The van der Waals surface area contributed by atoms with Gasteiger partial charge in [-0.25, -0.2) is 4.79 Å². The summed E-state index contributed by atoms with van der Waals surface area (Å²) >= 11 is 6.89. The van der Waals surface area contributed by atoms with Crippen LogP contribution >= 0.6 is 11.6 Å². The van der Waals surface area contributed by atoms with Crippen molar-refractivity contribution in [2.24, 2.45) is 5.41 Å². The van der Waals surface area contributed by atoms with Gasteiger partial charge in [-0.2, -0.15) is 0 Å². The molecule has 3 aliphatic rings. The Hall–Kier alpha value is -3.50. The van der Waals surface area contributed by atoms with Crippen molar-refractivity contribution in [1.82, 2.24) is 20.8 Å². The topological polar surface area (TPSA) is 127 Å². The molecular weight excluding hydrogens is 462 g/mol. The number of hydrogen-bond donors (Lipinski definition) is 2. The minimum absolute atomic E-state index is 0.0363. The van der Waals surface area contributed by atoms with Crippen LogP contribution in [0.5, 0.6) is 0 Å². The number of imide groups is 2. The van der Waals surface area contributed by atoms with E-state index in [4.69, 9.17) is 20.9 Å². The number of benzene rings is 1. The summed E-state index contributed by atoms with van der Waals surface area (Å²) in [6, 6.07) is 4.13. The number of aromatic nitrogens is 2. The third-order valence-electron chi connectivity index (χ3n) is 6.96. The van der Waals surface area contributed by atoms with E-state index in [1.807, 2.05) is 36.9 Å². The van der Waals surface area contributed by atoms with Crippen molar-refractivity contribution in [3.8, 4) is 11.3 Å². The van der Waals surface area contributed by atoms with Gasteiger partial charge in [-0.3, -0.25) is 25.2 Å². The van der Waals surface area contributed by atoms with Crippen molar-refractivity contribution in [2.45, 2.75) is 32.4 Å². The lowest BCUT2D eigenvalue weighted by molar-refractivity contribution is -0.151. The number of carbonyl (C=O) groups is 3. The summed E-state index contributed by atoms with van der Waals surface area (Å²) < 4.78 is 11.5. The minimum atomic E-state index is -1.57. The number of amides is 4. The van der Waals surface area contributed by atoms with Crippen LogP contribution in [-0.2, 0) is 20.7 Å². The summed E-state index contributed by atoms with van der Waals surface area (Å²) in [6.45, 7) is 4.50. The van der Waals surface area contributed by atoms with Crippen LogP contribution in [0.3, 0.4) is 0 Å². The molecule has 2 aromatic heterocycles. The molecule has 5 heterocycles. The molecule has 11 heteroatoms. The maximum absolute atomic E-state index is 13.3. The number of aryl methyl sites for hydroxylation is 1. The highest BCUT2D eigenvalue weighted by Crippen LogP contribution is 2.51. The summed E-state index contributed by atoms with van der Waals surface area (Å²) in [6.07, 6.45) is 1.27. The fraction of sp³-hybridized carbons (Fsp3) is 0.348. The largest absolute Gasteiger partial charge is 0.374 e. The van der Waals surface area contributed by atoms with E-state index in [0.29, 0.717) is 46.1 Å². The van der Waals surface area contributed by atoms with E-state index in [2.05, 4.69) is 20.8 Å². The number of anilines is 1. The van der Waals surface area contributed by atoms with Crippen LogP contribution < -0.4 is 15.5 Å². The van der Waals surface area contributed by atoms with Gasteiger partial charge in [0.05, 0.1) is 29.8 Å². The second-order valence-corrected chi connectivity index (χ2v) is 9.27. The Morgan fingerprint density at radius 1 is 1.21 bits per heavy atom. The molecule has 2 fully saturated rings. The van der Waals surface area contributed by atoms with Crippen molar-refractivity contribution in [3.63, 3.8) is 0 Å². The normalized spacial score (nSPS) is 23.5. The molecular formula is C23H20ClN5O5. The SMILES string of the molecule is Cc1ccc(-c2noc3c(Cl)c4c(cc23)CC2(C(=O)NC(=O)NC2=O)[C@H]2[C@H](C)OCCN42)cn1. The fourth-order valence-corrected chi connectivity index (χ4v) is 5.84. The Balaban J connectivity index is 1.59. The van der Waals surface area contributed by atoms with Crippen molar-refractivity contribution in [1.29, 1.82) is 0 Å². The van der Waals surface area contributed by atoms with E-state index in [9.17, 15) is 14.4 Å². The molecule has 3 aromatic rings. The molecule has 10 nitrogen and oxygen atoms in total. The lowest BCUT2D eigenvalue weighted by atomic mass is 9.66. The number of fused-ring (bicyclic) bond motifs is 5. The highest BCUT2D eigenvalue weighted by Gasteiger charge is 2.62. The second-order valence-electron chi connectivity index (χ2n) is 8.89. The van der Waals surface area contributed by atoms with E-state index in [1.54, 1.807) is 6.20 Å². The van der Waals surface area contributed by atoms with Gasteiger partial charge in [0.2, 0.25) is 11.8 Å². The lowest BCUT2D eigenvalue weighted by Crippen LogP contribution is -2.74. The number of pyridine rings is 1. The zero-order chi connectivity index (χ0) is 23.8. The predicted molar refractivity (Wildman–Crippen MR) is 121 cm³/mol. The molecule has 4 amide bonds. The van der Waals surface area contributed by atoms with E-state index in [0.717, 1.165) is 11.3 Å². The number of carbonyl (C=O) groups excluding carboxylic acids is 3. The number of ether oxygens (including phenoxy) is 1. The minimum Gasteiger partial charge on any atom is -0.374 e. The number of morpholine rings is 1. The molecule has 0 bridgehead atoms. The Kier molecular flexibility index (Phi) is 4.49. The number of barbiturate groups is 1. The Labute approximate surface area is 198 Å². The molecule has 6 rings (SSSR count). The van der Waals surface area contributed by atoms with Gasteiger partial charge in [0.15, 0.2) is 11.0 Å². The molecule has 1 aromatic carbocycles. The van der Waals surface area contributed by atoms with Gasteiger partial charge in [-0.1, -0.05) is 16.8 Å². The monoisotopic (exact) mass is 481 g/mol. The van der Waals surface area contributed by atoms with Crippen LogP contribution in [-0.4, -0.2) is 53.3 Å². The van der Waals surface area contributed by atoms with E-state index < -0.39 is 35.4 Å². The first-order valence-electron chi connectivity index (χ1n) is 10.9. The molecule has 3 aliphatic heterocycles. The summed E-state index contributed by atoms with van der Waals surface area (Å²) in [5.74, 6) is -1.30. The molecule has 174 valence electrons. The molecule has 2 saturated heterocycles. The first-order valence-corrected chi connectivity index (χ1v) is 11.3. The van der Waals surface area contributed by atoms with Gasteiger partial charge in [-0.15, -0.1) is 0 Å². The smallest absolute Gasteiger partial charge is 0.328 e. The summed E-state index contributed by atoms with van der Waals surface area (Å²) in [5.41, 5.74) is 2.39. The van der Waals surface area contributed by atoms with E-state index in [-0.39, 0.29) is 6.42 Å². The standard InChI is InChI=1S/C23H20ClN5O5/c1-10-3-4-12(9-25-10)16-14-7-13-8-23(20(30)26-22(32)27-21(23)31)19-11(2)33-6-5-29(19)17(13)15(24)18(14)34-28-16/h3-4,7,9,11,19H,5-6,8H2,1-2H3,(H2,26,27,30,31,32)/t11-,19+/m0/s1. The Morgan fingerprint density at radius 2 is 1.97 bits per heavy atom. The van der Waals surface area contributed by atoms with Gasteiger partial charge < -0.3 is 14.2 Å². The van der Waals surface area contributed by atoms with Gasteiger partial charge in [0.25, 0.3) is 0 Å². The van der Waals surface area contributed by atoms with Gasteiger partial charge >= 0.3 is 6.03 Å². The Morgan fingerprint density at radius 3 is 2.68 bits per heavy atom. The molecule has 0 saturated carbocycles. The quantitative estimate of drug-likeness (QED) is 0.507. The number of rotatable bonds is 1.